The van der Waals surface area contributed by atoms with Crippen LogP contribution in [0.15, 0.2) is 24.3 Å². The molecule has 1 aliphatic heterocycles. The van der Waals surface area contributed by atoms with Crippen molar-refractivity contribution < 1.29 is 9.47 Å². The van der Waals surface area contributed by atoms with Crippen LogP contribution in [0.5, 0.6) is 11.5 Å². The van der Waals surface area contributed by atoms with Crippen molar-refractivity contribution in [3.63, 3.8) is 0 Å². The van der Waals surface area contributed by atoms with Crippen molar-refractivity contribution in [1.82, 2.24) is 9.97 Å². The van der Waals surface area contributed by atoms with Gasteiger partial charge in [0, 0.05) is 11.0 Å². The van der Waals surface area contributed by atoms with Gasteiger partial charge in [0.05, 0.1) is 5.69 Å². The lowest BCUT2D eigenvalue weighted by molar-refractivity contribution is 0.174. The zero-order valence-electron chi connectivity index (χ0n) is 11.6. The normalized spacial score (nSPS) is 13.6. The van der Waals surface area contributed by atoms with Crippen molar-refractivity contribution in [2.24, 2.45) is 0 Å². The van der Waals surface area contributed by atoms with Crippen molar-refractivity contribution >= 4 is 11.6 Å². The van der Waals surface area contributed by atoms with Crippen LogP contribution in [0.3, 0.4) is 0 Å². The van der Waals surface area contributed by atoms with Crippen LogP contribution in [-0.2, 0) is 5.41 Å². The van der Waals surface area contributed by atoms with E-state index in [1.165, 1.54) is 0 Å². The molecule has 0 amide bonds. The molecule has 2 aromatic rings. The van der Waals surface area contributed by atoms with Crippen LogP contribution >= 0.6 is 11.6 Å². The van der Waals surface area contributed by atoms with Gasteiger partial charge >= 0.3 is 0 Å². The van der Waals surface area contributed by atoms with E-state index in [1.807, 2.05) is 18.2 Å². The van der Waals surface area contributed by atoms with Gasteiger partial charge in [-0.25, -0.2) is 9.97 Å². The summed E-state index contributed by atoms with van der Waals surface area (Å²) in [6, 6.07) is 7.45. The molecule has 104 valence electrons. The van der Waals surface area contributed by atoms with Gasteiger partial charge in [0.1, 0.15) is 5.15 Å². The molecule has 3 rings (SSSR count). The molecule has 1 aromatic heterocycles. The second-order valence-electron chi connectivity index (χ2n) is 5.72. The van der Waals surface area contributed by atoms with E-state index in [2.05, 4.69) is 30.7 Å². The zero-order chi connectivity index (χ0) is 14.3. The van der Waals surface area contributed by atoms with Crippen LogP contribution in [0.2, 0.25) is 5.15 Å². The minimum atomic E-state index is -0.0856. The third-order valence-corrected chi connectivity index (χ3v) is 3.29. The van der Waals surface area contributed by atoms with Crippen LogP contribution in [0, 0.1) is 0 Å². The highest BCUT2D eigenvalue weighted by molar-refractivity contribution is 6.29. The lowest BCUT2D eigenvalue weighted by Gasteiger charge is -2.18. The SMILES string of the molecule is CC(C)(C)c1cc(Cl)nc(-c2ccc3c(c2)OCO3)n1. The number of rotatable bonds is 1. The molecule has 1 aromatic carbocycles. The van der Waals surface area contributed by atoms with Crippen LogP contribution in [0.25, 0.3) is 11.4 Å². The Hall–Kier alpha value is -1.81. The van der Waals surface area contributed by atoms with Crippen LogP contribution < -0.4 is 9.47 Å². The minimum absolute atomic E-state index is 0.0856. The first-order valence-corrected chi connectivity index (χ1v) is 6.76. The first-order chi connectivity index (χ1) is 9.43. The van der Waals surface area contributed by atoms with Gasteiger partial charge in [-0.05, 0) is 24.3 Å². The molecule has 1 aliphatic rings. The van der Waals surface area contributed by atoms with Crippen molar-refractivity contribution in [3.05, 3.63) is 35.1 Å². The second-order valence-corrected chi connectivity index (χ2v) is 6.10. The van der Waals surface area contributed by atoms with Gasteiger partial charge in [-0.3, -0.25) is 0 Å². The van der Waals surface area contributed by atoms with Gasteiger partial charge in [0.2, 0.25) is 6.79 Å². The average Bonchev–Trinajstić information content (AvgIpc) is 2.84. The number of hydrogen-bond donors (Lipinski definition) is 0. The smallest absolute Gasteiger partial charge is 0.231 e. The summed E-state index contributed by atoms with van der Waals surface area (Å²) in [5.41, 5.74) is 1.69. The van der Waals surface area contributed by atoms with E-state index in [9.17, 15) is 0 Å². The summed E-state index contributed by atoms with van der Waals surface area (Å²) in [6.45, 7) is 6.53. The summed E-state index contributed by atoms with van der Waals surface area (Å²) >= 11 is 6.12. The van der Waals surface area contributed by atoms with Gasteiger partial charge in [-0.1, -0.05) is 32.4 Å². The standard InChI is InChI=1S/C15H15ClN2O2/c1-15(2,3)12-7-13(16)18-14(17-12)9-4-5-10-11(6-9)20-8-19-10/h4-7H,8H2,1-3H3. The highest BCUT2D eigenvalue weighted by Crippen LogP contribution is 2.35. The molecule has 0 spiro atoms. The number of benzene rings is 1. The number of ether oxygens (including phenoxy) is 2. The van der Waals surface area contributed by atoms with Gasteiger partial charge in [0.15, 0.2) is 17.3 Å². The van der Waals surface area contributed by atoms with Crippen molar-refractivity contribution in [2.45, 2.75) is 26.2 Å². The summed E-state index contributed by atoms with van der Waals surface area (Å²) in [6.07, 6.45) is 0. The van der Waals surface area contributed by atoms with E-state index in [0.717, 1.165) is 17.0 Å². The minimum Gasteiger partial charge on any atom is -0.454 e. The van der Waals surface area contributed by atoms with Gasteiger partial charge in [-0.2, -0.15) is 0 Å². The van der Waals surface area contributed by atoms with Gasteiger partial charge < -0.3 is 9.47 Å². The predicted octanol–water partition coefficient (Wildman–Crippen LogP) is 3.82. The summed E-state index contributed by atoms with van der Waals surface area (Å²) in [7, 11) is 0. The van der Waals surface area contributed by atoms with E-state index in [4.69, 9.17) is 21.1 Å². The van der Waals surface area contributed by atoms with E-state index in [0.29, 0.717) is 16.7 Å². The first-order valence-electron chi connectivity index (χ1n) is 6.38. The first kappa shape index (κ1) is 13.2. The predicted molar refractivity (Wildman–Crippen MR) is 77.3 cm³/mol. The van der Waals surface area contributed by atoms with Crippen molar-refractivity contribution in [1.29, 1.82) is 0 Å². The molecule has 5 heteroatoms. The van der Waals surface area contributed by atoms with Crippen LogP contribution in [-0.4, -0.2) is 16.8 Å². The monoisotopic (exact) mass is 290 g/mol. The molecule has 0 fully saturated rings. The molecule has 0 saturated carbocycles. The van der Waals surface area contributed by atoms with E-state index < -0.39 is 0 Å². The lowest BCUT2D eigenvalue weighted by atomic mass is 9.92. The Balaban J connectivity index is 2.08. The Kier molecular flexibility index (Phi) is 3.05. The Labute approximate surface area is 122 Å². The van der Waals surface area contributed by atoms with Crippen LogP contribution in [0.4, 0.5) is 0 Å². The summed E-state index contributed by atoms with van der Waals surface area (Å²) < 4.78 is 10.7. The summed E-state index contributed by atoms with van der Waals surface area (Å²) in [5.74, 6) is 2.05. The molecule has 20 heavy (non-hydrogen) atoms. The quantitative estimate of drug-likeness (QED) is 0.749. The fourth-order valence-corrected chi connectivity index (χ4v) is 2.15. The van der Waals surface area contributed by atoms with Gasteiger partial charge in [0.25, 0.3) is 0 Å². The molecular formula is C15H15ClN2O2. The fraction of sp³-hybridized carbons (Fsp3) is 0.333. The zero-order valence-corrected chi connectivity index (χ0v) is 12.4. The van der Waals surface area contributed by atoms with E-state index >= 15 is 0 Å². The summed E-state index contributed by atoms with van der Waals surface area (Å²) in [5, 5.41) is 0.442. The molecule has 0 N–H and O–H groups in total. The van der Waals surface area contributed by atoms with E-state index in [1.54, 1.807) is 6.07 Å². The van der Waals surface area contributed by atoms with Crippen LogP contribution in [0.1, 0.15) is 26.5 Å². The second kappa shape index (κ2) is 4.63. The van der Waals surface area contributed by atoms with Crippen molar-refractivity contribution in [3.8, 4) is 22.9 Å². The number of aromatic nitrogens is 2. The Morgan fingerprint density at radius 2 is 1.80 bits per heavy atom. The topological polar surface area (TPSA) is 44.2 Å². The number of nitrogens with zero attached hydrogens (tertiary/aromatic N) is 2. The fourth-order valence-electron chi connectivity index (χ4n) is 1.97. The molecule has 0 bridgehead atoms. The maximum absolute atomic E-state index is 6.12. The highest BCUT2D eigenvalue weighted by Gasteiger charge is 2.19. The molecule has 0 atom stereocenters. The average molecular weight is 291 g/mol. The van der Waals surface area contributed by atoms with E-state index in [-0.39, 0.29) is 12.2 Å². The molecule has 4 nitrogen and oxygen atoms in total. The third kappa shape index (κ3) is 2.43. The Bertz CT molecular complexity index is 665. The number of fused-ring (bicyclic) bond motifs is 1. The Morgan fingerprint density at radius 3 is 2.55 bits per heavy atom. The molecule has 0 aliphatic carbocycles. The molecule has 2 heterocycles. The largest absolute Gasteiger partial charge is 0.454 e. The number of hydrogen-bond acceptors (Lipinski definition) is 4. The Morgan fingerprint density at radius 1 is 1.05 bits per heavy atom. The van der Waals surface area contributed by atoms with Crippen molar-refractivity contribution in [2.75, 3.05) is 6.79 Å². The maximum Gasteiger partial charge on any atom is 0.231 e. The summed E-state index contributed by atoms with van der Waals surface area (Å²) in [4.78, 5) is 8.91. The van der Waals surface area contributed by atoms with Gasteiger partial charge in [-0.15, -0.1) is 0 Å². The molecule has 0 radical (unpaired) electrons. The highest BCUT2D eigenvalue weighted by atomic mass is 35.5. The number of halogens is 1. The maximum atomic E-state index is 6.12. The lowest BCUT2D eigenvalue weighted by Crippen LogP contribution is -2.14. The third-order valence-electron chi connectivity index (χ3n) is 3.09. The molecule has 0 saturated heterocycles. The molecular weight excluding hydrogens is 276 g/mol. The molecule has 0 unspecified atom stereocenters.